The summed E-state index contributed by atoms with van der Waals surface area (Å²) in [5, 5.41) is 17.7. The van der Waals surface area contributed by atoms with E-state index >= 15 is 0 Å². The van der Waals surface area contributed by atoms with Crippen LogP contribution >= 0.6 is 0 Å². The first-order chi connectivity index (χ1) is 5.22. The molecule has 1 aromatic rings. The molecule has 0 bridgehead atoms. The maximum Gasteiger partial charge on any atom is 0.459 e. The molecular formula is C8H11BO2. The molecule has 0 saturated heterocycles. The standard InChI is InChI=1S/C8H11BO2/c1-7(9(10)11)8-5-3-2-4-6-8/h2-7,10-11H,1H3/t7-/m0/s1. The summed E-state index contributed by atoms with van der Waals surface area (Å²) in [6, 6.07) is 9.43. The van der Waals surface area contributed by atoms with Crippen LogP contribution in [0.15, 0.2) is 30.3 Å². The molecule has 0 saturated carbocycles. The lowest BCUT2D eigenvalue weighted by molar-refractivity contribution is 0.392. The third-order valence-corrected chi connectivity index (χ3v) is 1.77. The minimum Gasteiger partial charge on any atom is -0.427 e. The van der Waals surface area contributed by atoms with E-state index in [1.807, 2.05) is 30.3 Å². The second-order valence-electron chi connectivity index (χ2n) is 2.61. The first kappa shape index (κ1) is 8.30. The Labute approximate surface area is 66.6 Å². The summed E-state index contributed by atoms with van der Waals surface area (Å²) in [4.78, 5) is 0. The summed E-state index contributed by atoms with van der Waals surface area (Å²) < 4.78 is 0. The van der Waals surface area contributed by atoms with Gasteiger partial charge in [0.05, 0.1) is 0 Å². The van der Waals surface area contributed by atoms with E-state index in [-0.39, 0.29) is 5.82 Å². The van der Waals surface area contributed by atoms with Gasteiger partial charge >= 0.3 is 7.12 Å². The molecular weight excluding hydrogens is 139 g/mol. The van der Waals surface area contributed by atoms with E-state index in [1.54, 1.807) is 6.92 Å². The predicted molar refractivity (Wildman–Crippen MR) is 45.0 cm³/mol. The van der Waals surface area contributed by atoms with Crippen molar-refractivity contribution in [2.75, 3.05) is 0 Å². The molecule has 0 heterocycles. The normalized spacial score (nSPS) is 12.6. The molecule has 1 atom stereocenters. The van der Waals surface area contributed by atoms with Crippen molar-refractivity contribution < 1.29 is 10.0 Å². The van der Waals surface area contributed by atoms with Gasteiger partial charge in [-0.05, 0) is 5.56 Å². The molecule has 0 aliphatic heterocycles. The van der Waals surface area contributed by atoms with Crippen molar-refractivity contribution in [3.05, 3.63) is 35.9 Å². The van der Waals surface area contributed by atoms with Gasteiger partial charge in [0.15, 0.2) is 0 Å². The van der Waals surface area contributed by atoms with Crippen LogP contribution in [0.2, 0.25) is 0 Å². The number of hydrogen-bond donors (Lipinski definition) is 2. The summed E-state index contributed by atoms with van der Waals surface area (Å²) in [5.74, 6) is -0.212. The number of benzene rings is 1. The Hall–Kier alpha value is -0.795. The lowest BCUT2D eigenvalue weighted by Crippen LogP contribution is -2.20. The first-order valence-corrected chi connectivity index (χ1v) is 3.63. The van der Waals surface area contributed by atoms with Crippen LogP contribution in [0, 0.1) is 0 Å². The first-order valence-electron chi connectivity index (χ1n) is 3.63. The van der Waals surface area contributed by atoms with Gasteiger partial charge in [-0.25, -0.2) is 0 Å². The Bertz CT molecular complexity index is 211. The minimum atomic E-state index is -1.27. The number of hydrogen-bond acceptors (Lipinski definition) is 2. The molecule has 2 N–H and O–H groups in total. The second-order valence-corrected chi connectivity index (χ2v) is 2.61. The van der Waals surface area contributed by atoms with E-state index in [4.69, 9.17) is 10.0 Å². The fourth-order valence-electron chi connectivity index (χ4n) is 0.929. The van der Waals surface area contributed by atoms with E-state index in [0.29, 0.717) is 0 Å². The molecule has 0 aliphatic carbocycles. The van der Waals surface area contributed by atoms with Crippen molar-refractivity contribution in [3.8, 4) is 0 Å². The SMILES string of the molecule is C[C@H](B(O)O)c1ccccc1. The fourth-order valence-corrected chi connectivity index (χ4v) is 0.929. The summed E-state index contributed by atoms with van der Waals surface area (Å²) in [7, 11) is -1.27. The minimum absolute atomic E-state index is 0.212. The smallest absolute Gasteiger partial charge is 0.427 e. The van der Waals surface area contributed by atoms with Gasteiger partial charge < -0.3 is 10.0 Å². The van der Waals surface area contributed by atoms with Crippen LogP contribution in [0.3, 0.4) is 0 Å². The Kier molecular flexibility index (Phi) is 2.68. The monoisotopic (exact) mass is 150 g/mol. The Morgan fingerprint density at radius 3 is 2.18 bits per heavy atom. The van der Waals surface area contributed by atoms with Gasteiger partial charge in [0.1, 0.15) is 0 Å². The molecule has 2 nitrogen and oxygen atoms in total. The predicted octanol–water partition coefficient (Wildman–Crippen LogP) is 0.802. The average Bonchev–Trinajstić information content (AvgIpc) is 2.05. The van der Waals surface area contributed by atoms with Crippen molar-refractivity contribution in [3.63, 3.8) is 0 Å². The molecule has 11 heavy (non-hydrogen) atoms. The number of rotatable bonds is 2. The molecule has 0 radical (unpaired) electrons. The molecule has 58 valence electrons. The highest BCUT2D eigenvalue weighted by molar-refractivity contribution is 6.43. The van der Waals surface area contributed by atoms with Crippen molar-refractivity contribution in [2.45, 2.75) is 12.7 Å². The van der Waals surface area contributed by atoms with Crippen LogP contribution in [0.1, 0.15) is 18.3 Å². The topological polar surface area (TPSA) is 40.5 Å². The van der Waals surface area contributed by atoms with E-state index < -0.39 is 7.12 Å². The highest BCUT2D eigenvalue weighted by atomic mass is 16.4. The maximum atomic E-state index is 8.83. The van der Waals surface area contributed by atoms with Crippen LogP contribution in [0.5, 0.6) is 0 Å². The Morgan fingerprint density at radius 1 is 1.18 bits per heavy atom. The Balaban J connectivity index is 2.77. The van der Waals surface area contributed by atoms with Gasteiger partial charge in [-0.1, -0.05) is 37.3 Å². The molecule has 0 spiro atoms. The summed E-state index contributed by atoms with van der Waals surface area (Å²) in [6.45, 7) is 1.78. The van der Waals surface area contributed by atoms with Gasteiger partial charge in [0.25, 0.3) is 0 Å². The molecule has 1 aromatic carbocycles. The molecule has 0 amide bonds. The van der Waals surface area contributed by atoms with E-state index in [9.17, 15) is 0 Å². The largest absolute Gasteiger partial charge is 0.459 e. The van der Waals surface area contributed by atoms with Crippen LogP contribution in [-0.4, -0.2) is 17.2 Å². The zero-order valence-electron chi connectivity index (χ0n) is 6.44. The average molecular weight is 150 g/mol. The third kappa shape index (κ3) is 2.07. The van der Waals surface area contributed by atoms with Crippen LogP contribution < -0.4 is 0 Å². The summed E-state index contributed by atoms with van der Waals surface area (Å²) in [5.41, 5.74) is 0.947. The lowest BCUT2D eigenvalue weighted by atomic mass is 9.70. The van der Waals surface area contributed by atoms with Gasteiger partial charge in [-0.3, -0.25) is 0 Å². The van der Waals surface area contributed by atoms with Gasteiger partial charge in [0.2, 0.25) is 0 Å². The lowest BCUT2D eigenvalue weighted by Gasteiger charge is -2.08. The van der Waals surface area contributed by atoms with E-state index in [0.717, 1.165) is 5.56 Å². The molecule has 0 unspecified atom stereocenters. The van der Waals surface area contributed by atoms with Crippen molar-refractivity contribution >= 4 is 7.12 Å². The Morgan fingerprint density at radius 2 is 1.73 bits per heavy atom. The van der Waals surface area contributed by atoms with Crippen LogP contribution in [0.4, 0.5) is 0 Å². The van der Waals surface area contributed by atoms with E-state index in [2.05, 4.69) is 0 Å². The van der Waals surface area contributed by atoms with Gasteiger partial charge in [-0.2, -0.15) is 0 Å². The zero-order valence-corrected chi connectivity index (χ0v) is 6.44. The van der Waals surface area contributed by atoms with Crippen LogP contribution in [-0.2, 0) is 0 Å². The summed E-state index contributed by atoms with van der Waals surface area (Å²) >= 11 is 0. The molecule has 1 rings (SSSR count). The van der Waals surface area contributed by atoms with Gasteiger partial charge in [-0.15, -0.1) is 0 Å². The molecule has 0 fully saturated rings. The van der Waals surface area contributed by atoms with Crippen molar-refractivity contribution in [1.82, 2.24) is 0 Å². The fraction of sp³-hybridized carbons (Fsp3) is 0.250. The molecule has 0 aromatic heterocycles. The zero-order chi connectivity index (χ0) is 8.27. The second kappa shape index (κ2) is 3.55. The maximum absolute atomic E-state index is 8.83. The highest BCUT2D eigenvalue weighted by Gasteiger charge is 2.18. The summed E-state index contributed by atoms with van der Waals surface area (Å²) in [6.07, 6.45) is 0. The van der Waals surface area contributed by atoms with Crippen molar-refractivity contribution in [1.29, 1.82) is 0 Å². The highest BCUT2D eigenvalue weighted by Crippen LogP contribution is 2.14. The quantitative estimate of drug-likeness (QED) is 0.612. The van der Waals surface area contributed by atoms with Crippen molar-refractivity contribution in [2.24, 2.45) is 0 Å². The molecule has 3 heteroatoms. The van der Waals surface area contributed by atoms with E-state index in [1.165, 1.54) is 0 Å². The van der Waals surface area contributed by atoms with Gasteiger partial charge in [0, 0.05) is 5.82 Å². The molecule has 0 aliphatic rings. The van der Waals surface area contributed by atoms with Crippen LogP contribution in [0.25, 0.3) is 0 Å². The third-order valence-electron chi connectivity index (χ3n) is 1.77.